The van der Waals surface area contributed by atoms with Crippen molar-refractivity contribution >= 4 is 5.69 Å². The van der Waals surface area contributed by atoms with E-state index in [0.717, 1.165) is 5.69 Å². The Labute approximate surface area is 105 Å². The van der Waals surface area contributed by atoms with Crippen LogP contribution in [-0.2, 0) is 7.05 Å². The van der Waals surface area contributed by atoms with E-state index in [1.807, 2.05) is 20.2 Å². The Balaban J connectivity index is 2.25. The molecule has 0 radical (unpaired) electrons. The Kier molecular flexibility index (Phi) is 3.50. The van der Waals surface area contributed by atoms with Gasteiger partial charge in [0.1, 0.15) is 11.6 Å². The molecule has 4 nitrogen and oxygen atoms in total. The number of ether oxygens (including phenoxy) is 1. The van der Waals surface area contributed by atoms with Crippen molar-refractivity contribution in [2.45, 2.75) is 13.0 Å². The summed E-state index contributed by atoms with van der Waals surface area (Å²) < 4.78 is 20.7. The van der Waals surface area contributed by atoms with E-state index in [-0.39, 0.29) is 11.9 Å². The van der Waals surface area contributed by atoms with Crippen LogP contribution < -0.4 is 10.1 Å². The third kappa shape index (κ3) is 2.45. The third-order valence-electron chi connectivity index (χ3n) is 2.75. The predicted molar refractivity (Wildman–Crippen MR) is 68.2 cm³/mol. The third-order valence-corrected chi connectivity index (χ3v) is 2.75. The number of hydrogen-bond acceptors (Lipinski definition) is 3. The Morgan fingerprint density at radius 3 is 2.83 bits per heavy atom. The number of aryl methyl sites for hydroxylation is 1. The van der Waals surface area contributed by atoms with Crippen molar-refractivity contribution in [2.75, 3.05) is 12.4 Å². The van der Waals surface area contributed by atoms with Crippen LogP contribution in [0.15, 0.2) is 30.6 Å². The molecule has 0 bridgehead atoms. The molecule has 1 unspecified atom stereocenters. The van der Waals surface area contributed by atoms with E-state index in [0.29, 0.717) is 11.3 Å². The lowest BCUT2D eigenvalue weighted by atomic mass is 10.1. The fourth-order valence-electron chi connectivity index (χ4n) is 1.93. The van der Waals surface area contributed by atoms with Gasteiger partial charge in [0.2, 0.25) is 0 Å². The highest BCUT2D eigenvalue weighted by molar-refractivity contribution is 5.45. The second kappa shape index (κ2) is 5.08. The number of nitrogens with zero attached hydrogens (tertiary/aromatic N) is 2. The summed E-state index contributed by atoms with van der Waals surface area (Å²) in [6.07, 6.45) is 3.54. The van der Waals surface area contributed by atoms with Gasteiger partial charge in [-0.05, 0) is 19.1 Å². The van der Waals surface area contributed by atoms with E-state index in [1.54, 1.807) is 23.0 Å². The molecule has 1 N–H and O–H groups in total. The van der Waals surface area contributed by atoms with E-state index < -0.39 is 0 Å². The normalized spacial score (nSPS) is 12.2. The molecule has 0 saturated carbocycles. The zero-order valence-electron chi connectivity index (χ0n) is 10.6. The first-order chi connectivity index (χ1) is 8.61. The number of aromatic nitrogens is 2. The van der Waals surface area contributed by atoms with E-state index in [9.17, 15) is 4.39 Å². The van der Waals surface area contributed by atoms with Gasteiger partial charge >= 0.3 is 0 Å². The van der Waals surface area contributed by atoms with Gasteiger partial charge in [0.05, 0.1) is 30.6 Å². The van der Waals surface area contributed by atoms with Gasteiger partial charge in [-0.25, -0.2) is 4.39 Å². The number of nitrogens with one attached hydrogen (secondary N) is 1. The topological polar surface area (TPSA) is 39.1 Å². The summed E-state index contributed by atoms with van der Waals surface area (Å²) in [6, 6.07) is 4.61. The molecule has 96 valence electrons. The van der Waals surface area contributed by atoms with Gasteiger partial charge in [-0.1, -0.05) is 6.07 Å². The first-order valence-electron chi connectivity index (χ1n) is 5.69. The van der Waals surface area contributed by atoms with Crippen molar-refractivity contribution in [3.8, 4) is 5.75 Å². The van der Waals surface area contributed by atoms with Crippen LogP contribution in [0.3, 0.4) is 0 Å². The summed E-state index contributed by atoms with van der Waals surface area (Å²) in [6.45, 7) is 1.88. The molecule has 0 saturated heterocycles. The zero-order chi connectivity index (χ0) is 13.1. The molecule has 0 aliphatic heterocycles. The van der Waals surface area contributed by atoms with Crippen LogP contribution in [0.2, 0.25) is 0 Å². The molecule has 2 rings (SSSR count). The molecular formula is C13H16FN3O. The molecule has 1 atom stereocenters. The summed E-state index contributed by atoms with van der Waals surface area (Å²) in [7, 11) is 3.37. The van der Waals surface area contributed by atoms with Crippen LogP contribution in [0.4, 0.5) is 10.1 Å². The average molecular weight is 249 g/mol. The first-order valence-corrected chi connectivity index (χ1v) is 5.69. The maximum absolute atomic E-state index is 13.9. The minimum atomic E-state index is -0.279. The van der Waals surface area contributed by atoms with Crippen LogP contribution in [0.1, 0.15) is 18.5 Å². The fraction of sp³-hybridized carbons (Fsp3) is 0.308. The van der Waals surface area contributed by atoms with E-state index in [4.69, 9.17) is 4.74 Å². The van der Waals surface area contributed by atoms with Gasteiger partial charge < -0.3 is 10.1 Å². The van der Waals surface area contributed by atoms with Gasteiger partial charge in [0.25, 0.3) is 0 Å². The van der Waals surface area contributed by atoms with Crippen molar-refractivity contribution < 1.29 is 9.13 Å². The van der Waals surface area contributed by atoms with Crippen LogP contribution in [-0.4, -0.2) is 16.9 Å². The quantitative estimate of drug-likeness (QED) is 0.905. The van der Waals surface area contributed by atoms with Crippen LogP contribution in [0, 0.1) is 5.82 Å². The number of rotatable bonds is 4. The SMILES string of the molecule is COc1cccc(F)c1C(C)Nc1cnn(C)c1. The first kappa shape index (κ1) is 12.4. The number of methoxy groups -OCH3 is 1. The predicted octanol–water partition coefficient (Wildman–Crippen LogP) is 2.74. The highest BCUT2D eigenvalue weighted by Gasteiger charge is 2.16. The average Bonchev–Trinajstić information content (AvgIpc) is 2.74. The van der Waals surface area contributed by atoms with Crippen LogP contribution in [0.25, 0.3) is 0 Å². The zero-order valence-corrected chi connectivity index (χ0v) is 10.6. The van der Waals surface area contributed by atoms with Crippen molar-refractivity contribution in [2.24, 2.45) is 7.05 Å². The summed E-state index contributed by atoms with van der Waals surface area (Å²) in [5, 5.41) is 7.25. The molecular weight excluding hydrogens is 233 g/mol. The van der Waals surface area contributed by atoms with Gasteiger partial charge in [-0.3, -0.25) is 4.68 Å². The summed E-state index contributed by atoms with van der Waals surface area (Å²) in [5.74, 6) is 0.261. The minimum Gasteiger partial charge on any atom is -0.496 e. The van der Waals surface area contributed by atoms with E-state index in [2.05, 4.69) is 10.4 Å². The van der Waals surface area contributed by atoms with Crippen molar-refractivity contribution in [1.82, 2.24) is 9.78 Å². The monoisotopic (exact) mass is 249 g/mol. The Hall–Kier alpha value is -2.04. The highest BCUT2D eigenvalue weighted by Crippen LogP contribution is 2.29. The maximum atomic E-state index is 13.9. The van der Waals surface area contributed by atoms with E-state index >= 15 is 0 Å². The standard InChI is InChI=1S/C13H16FN3O/c1-9(16-10-7-15-17(2)8-10)13-11(14)5-4-6-12(13)18-3/h4-9,16H,1-3H3. The van der Waals surface area contributed by atoms with Gasteiger partial charge in [0, 0.05) is 13.2 Å². The molecule has 1 aromatic heterocycles. The van der Waals surface area contributed by atoms with Crippen LogP contribution in [0.5, 0.6) is 5.75 Å². The molecule has 1 aromatic carbocycles. The summed E-state index contributed by atoms with van der Waals surface area (Å²) >= 11 is 0. The number of anilines is 1. The molecule has 2 aromatic rings. The van der Waals surface area contributed by atoms with Gasteiger partial charge in [0.15, 0.2) is 0 Å². The van der Waals surface area contributed by atoms with Crippen LogP contribution >= 0.6 is 0 Å². The van der Waals surface area contributed by atoms with E-state index in [1.165, 1.54) is 13.2 Å². The second-order valence-corrected chi connectivity index (χ2v) is 4.12. The molecule has 18 heavy (non-hydrogen) atoms. The Bertz CT molecular complexity index is 539. The Morgan fingerprint density at radius 2 is 2.22 bits per heavy atom. The number of halogens is 1. The van der Waals surface area contributed by atoms with Crippen molar-refractivity contribution in [3.05, 3.63) is 42.0 Å². The van der Waals surface area contributed by atoms with Crippen molar-refractivity contribution in [3.63, 3.8) is 0 Å². The lowest BCUT2D eigenvalue weighted by molar-refractivity contribution is 0.402. The molecule has 0 aliphatic rings. The maximum Gasteiger partial charge on any atom is 0.132 e. The smallest absolute Gasteiger partial charge is 0.132 e. The largest absolute Gasteiger partial charge is 0.496 e. The molecule has 0 amide bonds. The highest BCUT2D eigenvalue weighted by atomic mass is 19.1. The molecule has 0 fully saturated rings. The minimum absolute atomic E-state index is 0.203. The summed E-state index contributed by atoms with van der Waals surface area (Å²) in [4.78, 5) is 0. The lowest BCUT2D eigenvalue weighted by Crippen LogP contribution is -2.10. The number of benzene rings is 1. The van der Waals surface area contributed by atoms with Gasteiger partial charge in [-0.2, -0.15) is 5.10 Å². The fourth-order valence-corrected chi connectivity index (χ4v) is 1.93. The molecule has 0 spiro atoms. The molecule has 0 aliphatic carbocycles. The molecule has 1 heterocycles. The van der Waals surface area contributed by atoms with Crippen molar-refractivity contribution in [1.29, 1.82) is 0 Å². The second-order valence-electron chi connectivity index (χ2n) is 4.12. The summed E-state index contributed by atoms with van der Waals surface area (Å²) in [5.41, 5.74) is 1.36. The number of hydrogen-bond donors (Lipinski definition) is 1. The molecule has 5 heteroatoms. The van der Waals surface area contributed by atoms with Gasteiger partial charge in [-0.15, -0.1) is 0 Å². The lowest BCUT2D eigenvalue weighted by Gasteiger charge is -2.17. The Morgan fingerprint density at radius 1 is 1.44 bits per heavy atom.